The van der Waals surface area contributed by atoms with E-state index in [0.29, 0.717) is 0 Å². The van der Waals surface area contributed by atoms with Gasteiger partial charge in [-0.2, -0.15) is 4.89 Å². The van der Waals surface area contributed by atoms with E-state index in [1.165, 1.54) is 32.0 Å². The van der Waals surface area contributed by atoms with Crippen molar-refractivity contribution in [3.8, 4) is 0 Å². The minimum absolute atomic E-state index is 0.00513. The van der Waals surface area contributed by atoms with Gasteiger partial charge in [0, 0.05) is 26.0 Å². The van der Waals surface area contributed by atoms with Gasteiger partial charge in [0.1, 0.15) is 13.2 Å². The number of nitrogens with zero attached hydrogens (tertiary/aromatic N) is 2. The Bertz CT molecular complexity index is 1050. The molecule has 0 bridgehead atoms. The number of carboxylic acid groups (broad SMARTS) is 1. The van der Waals surface area contributed by atoms with Crippen molar-refractivity contribution in [3.63, 3.8) is 0 Å². The van der Waals surface area contributed by atoms with E-state index >= 15 is 0 Å². The fraction of sp³-hybridized carbons (Fsp3) is 0.263. The second kappa shape index (κ2) is 10.6. The molecule has 14 heteroatoms. The third-order valence-corrected chi connectivity index (χ3v) is 4.14. The van der Waals surface area contributed by atoms with Crippen molar-refractivity contribution < 1.29 is 49.2 Å². The van der Waals surface area contributed by atoms with Gasteiger partial charge >= 0.3 is 11.9 Å². The Labute approximate surface area is 185 Å². The Morgan fingerprint density at radius 3 is 2.18 bits per heavy atom. The lowest BCUT2D eigenvalue weighted by molar-refractivity contribution is -0.415. The van der Waals surface area contributed by atoms with E-state index in [1.54, 1.807) is 0 Å². The summed E-state index contributed by atoms with van der Waals surface area (Å²) >= 11 is 0. The predicted octanol–water partition coefficient (Wildman–Crippen LogP) is 3.23. The average molecular weight is 466 g/mol. The number of nitro benzene ring substituents is 2. The maximum atomic E-state index is 12.6. The molecule has 0 heterocycles. The highest BCUT2D eigenvalue weighted by Gasteiger charge is 2.34. The molecule has 176 valence electrons. The van der Waals surface area contributed by atoms with Gasteiger partial charge in [-0.3, -0.25) is 25.5 Å². The number of esters is 1. The van der Waals surface area contributed by atoms with Crippen LogP contribution in [0.5, 0.6) is 0 Å². The molecular formula is C19H18N2O12. The van der Waals surface area contributed by atoms with E-state index in [1.807, 2.05) is 0 Å². The summed E-state index contributed by atoms with van der Waals surface area (Å²) in [5, 5.41) is 40.4. The molecule has 0 radical (unpaired) electrons. The highest BCUT2D eigenvalue weighted by molar-refractivity contribution is 6.05. The molecule has 0 aromatic heterocycles. The summed E-state index contributed by atoms with van der Waals surface area (Å²) in [6.45, 7) is 1.48. The number of carbonyl (C=O) groups excluding carboxylic acids is 1. The quantitative estimate of drug-likeness (QED) is 0.161. The Morgan fingerprint density at radius 1 is 1.00 bits per heavy atom. The molecule has 0 amide bonds. The maximum absolute atomic E-state index is 12.6. The van der Waals surface area contributed by atoms with E-state index in [9.17, 15) is 34.9 Å². The number of benzene rings is 2. The summed E-state index contributed by atoms with van der Waals surface area (Å²) in [5.41, 5.74) is -2.37. The monoisotopic (exact) mass is 466 g/mol. The zero-order chi connectivity index (χ0) is 24.8. The van der Waals surface area contributed by atoms with Crippen LogP contribution in [0.3, 0.4) is 0 Å². The van der Waals surface area contributed by atoms with Crippen LogP contribution in [-0.4, -0.2) is 37.9 Å². The lowest BCUT2D eigenvalue weighted by atomic mass is 10.1. The Hall–Kier alpha value is -3.98. The van der Waals surface area contributed by atoms with Gasteiger partial charge in [-0.1, -0.05) is 18.2 Å². The van der Waals surface area contributed by atoms with Crippen LogP contribution in [0.4, 0.5) is 11.4 Å². The van der Waals surface area contributed by atoms with Gasteiger partial charge < -0.3 is 9.84 Å². The first-order valence-corrected chi connectivity index (χ1v) is 9.04. The van der Waals surface area contributed by atoms with E-state index in [4.69, 9.17) is 19.8 Å². The number of hydrogen-bond acceptors (Lipinski definition) is 11. The summed E-state index contributed by atoms with van der Waals surface area (Å²) in [6, 6.07) is 7.03. The van der Waals surface area contributed by atoms with Crippen LogP contribution >= 0.6 is 0 Å². The summed E-state index contributed by atoms with van der Waals surface area (Å²) in [7, 11) is 0. The standard InChI is InChI=1S/C19H18N2O12/c1-19(2,32-18(24)16-12(17(22)23)6-4-8-15(16)21(27)28)33-31-10-13-11(9-30-29)5-3-7-14(13)20(25)26/h3-8,29H,9-10H2,1-2H3,(H,22,23). The maximum Gasteiger partial charge on any atom is 0.348 e. The van der Waals surface area contributed by atoms with Crippen LogP contribution in [0.2, 0.25) is 0 Å². The Balaban J connectivity index is 2.20. The van der Waals surface area contributed by atoms with Crippen LogP contribution in [0.15, 0.2) is 36.4 Å². The summed E-state index contributed by atoms with van der Waals surface area (Å²) < 4.78 is 5.05. The summed E-state index contributed by atoms with van der Waals surface area (Å²) in [5.74, 6) is -4.85. The number of ether oxygens (including phenoxy) is 1. The van der Waals surface area contributed by atoms with Gasteiger partial charge in [0.05, 0.1) is 21.0 Å². The van der Waals surface area contributed by atoms with Crippen LogP contribution in [0.1, 0.15) is 45.7 Å². The molecule has 0 saturated carbocycles. The van der Waals surface area contributed by atoms with Gasteiger partial charge in [-0.05, 0) is 11.6 Å². The van der Waals surface area contributed by atoms with Crippen molar-refractivity contribution >= 4 is 23.3 Å². The van der Waals surface area contributed by atoms with Crippen LogP contribution in [0.25, 0.3) is 0 Å². The number of nitro groups is 2. The van der Waals surface area contributed by atoms with Crippen LogP contribution in [0, 0.1) is 20.2 Å². The first-order chi connectivity index (χ1) is 15.5. The molecule has 0 unspecified atom stereocenters. The fourth-order valence-electron chi connectivity index (χ4n) is 2.77. The van der Waals surface area contributed by atoms with Gasteiger partial charge in [0.2, 0.25) is 5.79 Å². The van der Waals surface area contributed by atoms with Crippen molar-refractivity contribution in [2.24, 2.45) is 0 Å². The Kier molecular flexibility index (Phi) is 8.09. The highest BCUT2D eigenvalue weighted by Crippen LogP contribution is 2.28. The minimum atomic E-state index is -1.90. The zero-order valence-electron chi connectivity index (χ0n) is 17.2. The number of hydrogen-bond donors (Lipinski definition) is 2. The second-order valence-corrected chi connectivity index (χ2v) is 6.84. The molecular weight excluding hydrogens is 448 g/mol. The number of carbonyl (C=O) groups is 2. The molecule has 2 rings (SSSR count). The molecule has 0 aliphatic carbocycles. The molecule has 0 aliphatic heterocycles. The van der Waals surface area contributed by atoms with E-state index in [-0.39, 0.29) is 23.4 Å². The lowest BCUT2D eigenvalue weighted by Gasteiger charge is -2.24. The third-order valence-electron chi connectivity index (χ3n) is 4.14. The number of rotatable bonds is 11. The highest BCUT2D eigenvalue weighted by atomic mass is 17.2. The largest absolute Gasteiger partial charge is 0.478 e. The third kappa shape index (κ3) is 6.27. The van der Waals surface area contributed by atoms with Crippen LogP contribution in [-0.2, 0) is 32.6 Å². The van der Waals surface area contributed by atoms with E-state index < -0.39 is 51.0 Å². The van der Waals surface area contributed by atoms with Gasteiger partial charge in [0.25, 0.3) is 11.4 Å². The Morgan fingerprint density at radius 2 is 1.61 bits per heavy atom. The molecule has 0 spiro atoms. The van der Waals surface area contributed by atoms with Crippen molar-refractivity contribution in [3.05, 3.63) is 78.9 Å². The van der Waals surface area contributed by atoms with Crippen molar-refractivity contribution in [1.82, 2.24) is 0 Å². The first-order valence-electron chi connectivity index (χ1n) is 9.04. The lowest BCUT2D eigenvalue weighted by Crippen LogP contribution is -2.32. The topological polar surface area (TPSA) is 198 Å². The molecule has 0 atom stereocenters. The van der Waals surface area contributed by atoms with Crippen LogP contribution < -0.4 is 0 Å². The average Bonchev–Trinajstić information content (AvgIpc) is 2.73. The van der Waals surface area contributed by atoms with E-state index in [2.05, 4.69) is 4.89 Å². The van der Waals surface area contributed by atoms with Gasteiger partial charge in [0.15, 0.2) is 5.56 Å². The molecule has 2 N–H and O–H groups in total. The molecule has 2 aromatic carbocycles. The predicted molar refractivity (Wildman–Crippen MR) is 106 cm³/mol. The van der Waals surface area contributed by atoms with Gasteiger partial charge in [-0.25, -0.2) is 19.4 Å². The number of carboxylic acids is 1. The summed E-state index contributed by atoms with van der Waals surface area (Å²) in [6.07, 6.45) is 0. The van der Waals surface area contributed by atoms with Crippen molar-refractivity contribution in [1.29, 1.82) is 0 Å². The normalized spacial score (nSPS) is 11.1. The second-order valence-electron chi connectivity index (χ2n) is 6.84. The molecule has 14 nitrogen and oxygen atoms in total. The minimum Gasteiger partial charge on any atom is -0.478 e. The fourth-order valence-corrected chi connectivity index (χ4v) is 2.77. The van der Waals surface area contributed by atoms with Gasteiger partial charge in [-0.15, -0.1) is 0 Å². The molecule has 0 saturated heterocycles. The number of aromatic carboxylic acids is 1. The molecule has 33 heavy (non-hydrogen) atoms. The van der Waals surface area contributed by atoms with E-state index in [0.717, 1.165) is 18.2 Å². The van der Waals surface area contributed by atoms with Crippen molar-refractivity contribution in [2.45, 2.75) is 32.8 Å². The molecule has 0 fully saturated rings. The SMILES string of the molecule is CC(C)(OOCc1c(COO)cccc1[N+](=O)[O-])OC(=O)c1c(C(=O)O)cccc1[N+](=O)[O-]. The van der Waals surface area contributed by atoms with Crippen molar-refractivity contribution in [2.75, 3.05) is 0 Å². The smallest absolute Gasteiger partial charge is 0.348 e. The summed E-state index contributed by atoms with van der Waals surface area (Å²) in [4.78, 5) is 58.8. The zero-order valence-corrected chi connectivity index (χ0v) is 17.2. The first kappa shape index (κ1) is 25.3. The molecule has 0 aliphatic rings. The molecule has 2 aromatic rings.